The molecule has 0 amide bonds. The first-order valence-corrected chi connectivity index (χ1v) is 8.05. The number of halogens is 4. The molecule has 2 aromatic carbocycles. The van der Waals surface area contributed by atoms with Crippen molar-refractivity contribution in [3.8, 4) is 0 Å². The van der Waals surface area contributed by atoms with Gasteiger partial charge in [-0.15, -0.1) is 0 Å². The molecular weight excluding hydrogens is 416 g/mol. The Balaban J connectivity index is 2.30. The molecule has 1 nitrogen and oxygen atoms in total. The minimum Gasteiger partial charge on any atom is -0.364 e. The average molecular weight is 432 g/mol. The largest absolute Gasteiger partial charge is 0.416 e. The fraction of sp³-hybridized carbons (Fsp3) is 0.222. The molecule has 0 fully saturated rings. The summed E-state index contributed by atoms with van der Waals surface area (Å²) in [6, 6.07) is 13.1. The zero-order chi connectivity index (χ0) is 17.0. The third-order valence-electron chi connectivity index (χ3n) is 3.36. The Kier molecular flexibility index (Phi) is 5.86. The summed E-state index contributed by atoms with van der Waals surface area (Å²) in [6.07, 6.45) is -5.22. The van der Waals surface area contributed by atoms with Crippen molar-refractivity contribution in [2.75, 3.05) is 0 Å². The molecular formula is C18H16F3IO. The van der Waals surface area contributed by atoms with Gasteiger partial charge in [-0.25, -0.2) is 0 Å². The summed E-state index contributed by atoms with van der Waals surface area (Å²) in [5, 5.41) is 0. The van der Waals surface area contributed by atoms with Gasteiger partial charge in [-0.2, -0.15) is 13.2 Å². The maximum absolute atomic E-state index is 13.2. The highest BCUT2D eigenvalue weighted by atomic mass is 127. The van der Waals surface area contributed by atoms with Crippen molar-refractivity contribution < 1.29 is 17.9 Å². The maximum atomic E-state index is 13.2. The Morgan fingerprint density at radius 2 is 1.74 bits per heavy atom. The van der Waals surface area contributed by atoms with Gasteiger partial charge in [0.2, 0.25) is 0 Å². The number of rotatable bonds is 5. The smallest absolute Gasteiger partial charge is 0.364 e. The minimum atomic E-state index is -4.42. The van der Waals surface area contributed by atoms with Gasteiger partial charge in [0, 0.05) is 3.57 Å². The van der Waals surface area contributed by atoms with E-state index in [-0.39, 0.29) is 12.2 Å². The van der Waals surface area contributed by atoms with Crippen LogP contribution in [0.2, 0.25) is 0 Å². The molecule has 0 saturated carbocycles. The summed E-state index contributed by atoms with van der Waals surface area (Å²) in [5.41, 5.74) is 0.880. The first kappa shape index (κ1) is 18.0. The third kappa shape index (κ3) is 4.57. The van der Waals surface area contributed by atoms with Crippen LogP contribution in [-0.4, -0.2) is 0 Å². The van der Waals surface area contributed by atoms with E-state index in [1.54, 1.807) is 13.0 Å². The summed E-state index contributed by atoms with van der Waals surface area (Å²) < 4.78 is 46.4. The topological polar surface area (TPSA) is 9.23 Å². The van der Waals surface area contributed by atoms with Crippen LogP contribution in [-0.2, 0) is 17.5 Å². The second kappa shape index (κ2) is 7.49. The first-order valence-electron chi connectivity index (χ1n) is 6.97. The van der Waals surface area contributed by atoms with Crippen LogP contribution in [0.1, 0.15) is 29.7 Å². The van der Waals surface area contributed by atoms with Gasteiger partial charge >= 0.3 is 6.18 Å². The van der Waals surface area contributed by atoms with Crippen LogP contribution in [0.15, 0.2) is 60.7 Å². The van der Waals surface area contributed by atoms with E-state index < -0.39 is 17.8 Å². The molecule has 0 heterocycles. The van der Waals surface area contributed by atoms with Crippen LogP contribution in [0.4, 0.5) is 13.2 Å². The van der Waals surface area contributed by atoms with Crippen LogP contribution < -0.4 is 0 Å². The van der Waals surface area contributed by atoms with E-state index in [9.17, 15) is 13.2 Å². The predicted molar refractivity (Wildman–Crippen MR) is 92.9 cm³/mol. The van der Waals surface area contributed by atoms with Gasteiger partial charge in [-0.3, -0.25) is 0 Å². The van der Waals surface area contributed by atoms with Crippen molar-refractivity contribution in [1.29, 1.82) is 0 Å². The Bertz CT molecular complexity index is 695. The molecule has 122 valence electrons. The van der Waals surface area contributed by atoms with E-state index in [0.717, 1.165) is 15.2 Å². The molecule has 23 heavy (non-hydrogen) atoms. The summed E-state index contributed by atoms with van der Waals surface area (Å²) in [6.45, 7) is 5.69. The highest BCUT2D eigenvalue weighted by Gasteiger charge is 2.35. The minimum absolute atomic E-state index is 0.0958. The number of hydrogen-bond acceptors (Lipinski definition) is 1. The van der Waals surface area contributed by atoms with Gasteiger partial charge < -0.3 is 4.74 Å². The first-order chi connectivity index (χ1) is 10.8. The number of benzene rings is 2. The zero-order valence-corrected chi connectivity index (χ0v) is 14.7. The number of ether oxygens (including phenoxy) is 1. The van der Waals surface area contributed by atoms with Crippen molar-refractivity contribution in [2.24, 2.45) is 0 Å². The van der Waals surface area contributed by atoms with Gasteiger partial charge in [-0.05, 0) is 58.3 Å². The normalized spacial score (nSPS) is 12.9. The predicted octanol–water partition coefficient (Wildman–Crippen LogP) is 6.14. The van der Waals surface area contributed by atoms with Crippen molar-refractivity contribution >= 4 is 22.6 Å². The van der Waals surface area contributed by atoms with Crippen molar-refractivity contribution in [3.63, 3.8) is 0 Å². The van der Waals surface area contributed by atoms with Crippen LogP contribution in [0, 0.1) is 3.57 Å². The summed E-state index contributed by atoms with van der Waals surface area (Å²) in [4.78, 5) is 0. The Morgan fingerprint density at radius 1 is 1.13 bits per heavy atom. The average Bonchev–Trinajstić information content (AvgIpc) is 2.48. The fourth-order valence-electron chi connectivity index (χ4n) is 2.27. The lowest BCUT2D eigenvalue weighted by atomic mass is 9.97. The molecule has 0 aliphatic carbocycles. The Hall–Kier alpha value is -1.34. The van der Waals surface area contributed by atoms with E-state index in [2.05, 4.69) is 29.2 Å². The maximum Gasteiger partial charge on any atom is 0.416 e. The third-order valence-corrected chi connectivity index (χ3v) is 4.41. The van der Waals surface area contributed by atoms with Gasteiger partial charge in [0.15, 0.2) is 0 Å². The lowest BCUT2D eigenvalue weighted by molar-refractivity contribution is -0.139. The second-order valence-electron chi connectivity index (χ2n) is 5.21. The standard InChI is InChI=1S/C18H16F3IO/c1-12(2)17(23-11-13-7-3-6-10-16(13)22)14-8-4-5-9-15(14)18(19,20)21/h3-10,17H,1,11H2,2H3. The van der Waals surface area contributed by atoms with Crippen LogP contribution >= 0.6 is 22.6 Å². The van der Waals surface area contributed by atoms with Crippen molar-refractivity contribution in [1.82, 2.24) is 0 Å². The number of hydrogen-bond donors (Lipinski definition) is 0. The van der Waals surface area contributed by atoms with Crippen molar-refractivity contribution in [3.05, 3.63) is 80.9 Å². The molecule has 1 unspecified atom stereocenters. The SMILES string of the molecule is C=C(C)C(OCc1ccccc1I)c1ccccc1C(F)(F)F. The van der Waals surface area contributed by atoms with Crippen LogP contribution in [0.25, 0.3) is 0 Å². The van der Waals surface area contributed by atoms with Gasteiger partial charge in [0.25, 0.3) is 0 Å². The highest BCUT2D eigenvalue weighted by molar-refractivity contribution is 14.1. The highest BCUT2D eigenvalue weighted by Crippen LogP contribution is 2.38. The molecule has 0 spiro atoms. The molecule has 2 aromatic rings. The molecule has 2 rings (SSSR count). The molecule has 0 bridgehead atoms. The van der Waals surface area contributed by atoms with Crippen molar-refractivity contribution in [2.45, 2.75) is 25.8 Å². The molecule has 0 radical (unpaired) electrons. The molecule has 0 N–H and O–H groups in total. The molecule has 1 atom stereocenters. The molecule has 0 aliphatic heterocycles. The van der Waals surface area contributed by atoms with E-state index >= 15 is 0 Å². The Morgan fingerprint density at radius 3 is 2.35 bits per heavy atom. The van der Waals surface area contributed by atoms with E-state index in [0.29, 0.717) is 5.57 Å². The van der Waals surface area contributed by atoms with Gasteiger partial charge in [0.1, 0.15) is 6.10 Å². The Labute approximate surface area is 147 Å². The summed E-state index contributed by atoms with van der Waals surface area (Å²) in [7, 11) is 0. The monoisotopic (exact) mass is 432 g/mol. The quantitative estimate of drug-likeness (QED) is 0.407. The lowest BCUT2D eigenvalue weighted by Crippen LogP contribution is -2.14. The fourth-order valence-corrected chi connectivity index (χ4v) is 2.81. The molecule has 0 saturated heterocycles. The van der Waals surface area contributed by atoms with Crippen LogP contribution in [0.5, 0.6) is 0 Å². The lowest BCUT2D eigenvalue weighted by Gasteiger charge is -2.23. The van der Waals surface area contributed by atoms with E-state index in [1.807, 2.05) is 24.3 Å². The van der Waals surface area contributed by atoms with Gasteiger partial charge in [-0.1, -0.05) is 43.0 Å². The zero-order valence-electron chi connectivity index (χ0n) is 12.5. The van der Waals surface area contributed by atoms with E-state index in [4.69, 9.17) is 4.74 Å². The molecule has 5 heteroatoms. The van der Waals surface area contributed by atoms with Crippen LogP contribution in [0.3, 0.4) is 0 Å². The van der Waals surface area contributed by atoms with E-state index in [1.165, 1.54) is 12.1 Å². The summed E-state index contributed by atoms with van der Waals surface area (Å²) in [5.74, 6) is 0. The van der Waals surface area contributed by atoms with Gasteiger partial charge in [0.05, 0.1) is 12.2 Å². The molecule has 0 aromatic heterocycles. The number of alkyl halides is 3. The molecule has 0 aliphatic rings. The second-order valence-corrected chi connectivity index (χ2v) is 6.38. The summed E-state index contributed by atoms with van der Waals surface area (Å²) >= 11 is 2.18.